The Morgan fingerprint density at radius 3 is 2.13 bits per heavy atom. The molecule has 0 aromatic rings. The third kappa shape index (κ3) is 21.0. The molecule has 1 amide bonds. The molecule has 1 saturated carbocycles. The van der Waals surface area contributed by atoms with E-state index < -0.39 is 83.9 Å². The number of fused-ring (bicyclic) bond motifs is 3. The number of ketones is 3. The van der Waals surface area contributed by atoms with Gasteiger partial charge in [-0.1, -0.05) is 71.1 Å². The summed E-state index contributed by atoms with van der Waals surface area (Å²) in [4.78, 5) is 72.9. The Morgan fingerprint density at radius 1 is 0.785 bits per heavy atom. The first-order valence-electron chi connectivity index (χ1n) is 28.9. The van der Waals surface area contributed by atoms with Gasteiger partial charge in [-0.2, -0.15) is 0 Å². The van der Waals surface area contributed by atoms with Gasteiger partial charge in [0, 0.05) is 57.3 Å². The molecule has 79 heavy (non-hydrogen) atoms. The standard InChI is InChI=1S/C60H97NO18/c1-38-15-11-10-12-16-39(2)51(77-28-27-76-37-46(35-74-25-23-62)36-75-26-24-63)33-47-20-18-44(7)60(71,79-47)57(68)58(69)61-22-14-13-17-48(61)59(70)78-52(41(4)31-45-19-21-49(64)53(32-45)72-8)34-50(65)40(3)30-43(6)55(67)56(73-9)54(66)42(5)29-38/h10-12,15-16,30,38,40-42,44-49,51-53,55-56,62-64,67,71H,13-14,17-29,31-37H2,1-9H3/b12-10+,15-11+,39-16+,43-30+/t38-,40-,41-,42-,44-,45+,47+,48+,49-,51-,52+,53-,55-,56+,60-/m1/s1. The SMILES string of the molecule is CO[C@@H]1C[C@H](C[C@@H](C)[C@@H]2CC(=O)[C@H](C)/C=C(\C)[C@@H](O)[C@@H](OC)C(=O)[C@H](C)C[C@H](C)/C=C/C=C/C=C(\C)[C@H](OCCOCC(COCCO)COCCO)C[C@@H]3CC[C@@H](C)[C@@](O)(O3)C(=O)C(=O)N3CCCC[C@H]3C(=O)O2)CC[C@H]1O. The van der Waals surface area contributed by atoms with Gasteiger partial charge in [-0.05, 0) is 107 Å². The fourth-order valence-electron chi connectivity index (χ4n) is 11.3. The van der Waals surface area contributed by atoms with Crippen LogP contribution in [0.5, 0.6) is 0 Å². The molecule has 5 N–H and O–H groups in total. The normalized spacial score (nSPS) is 35.5. The fraction of sp³-hybridized carbons (Fsp3) is 0.783. The Bertz CT molecular complexity index is 2010. The van der Waals surface area contributed by atoms with E-state index in [1.165, 1.54) is 12.0 Å². The number of amides is 1. The predicted molar refractivity (Wildman–Crippen MR) is 294 cm³/mol. The van der Waals surface area contributed by atoms with E-state index in [0.29, 0.717) is 63.4 Å². The second kappa shape index (κ2) is 34.8. The zero-order chi connectivity index (χ0) is 58.2. The van der Waals surface area contributed by atoms with Crippen LogP contribution in [-0.4, -0.2) is 194 Å². The lowest BCUT2D eigenvalue weighted by molar-refractivity contribution is -0.266. The molecule has 2 bridgehead atoms. The van der Waals surface area contributed by atoms with Crippen molar-refractivity contribution in [1.82, 2.24) is 4.90 Å². The van der Waals surface area contributed by atoms with Crippen molar-refractivity contribution in [3.63, 3.8) is 0 Å². The summed E-state index contributed by atoms with van der Waals surface area (Å²) in [5.74, 6) is -8.67. The maximum absolute atomic E-state index is 14.6. The van der Waals surface area contributed by atoms with Gasteiger partial charge in [-0.15, -0.1) is 0 Å². The van der Waals surface area contributed by atoms with Crippen molar-refractivity contribution in [2.45, 2.75) is 180 Å². The van der Waals surface area contributed by atoms with Gasteiger partial charge in [0.25, 0.3) is 11.7 Å². The van der Waals surface area contributed by atoms with Crippen molar-refractivity contribution in [3.05, 3.63) is 47.6 Å². The van der Waals surface area contributed by atoms with Crippen molar-refractivity contribution in [2.24, 2.45) is 41.4 Å². The highest BCUT2D eigenvalue weighted by Gasteiger charge is 2.53. The quantitative estimate of drug-likeness (QED) is 0.0482. The Morgan fingerprint density at radius 2 is 1.47 bits per heavy atom. The van der Waals surface area contributed by atoms with Crippen LogP contribution in [0.25, 0.3) is 0 Å². The molecule has 2 saturated heterocycles. The minimum atomic E-state index is -2.52. The van der Waals surface area contributed by atoms with E-state index >= 15 is 0 Å². The summed E-state index contributed by atoms with van der Waals surface area (Å²) in [7, 11) is 2.93. The smallest absolute Gasteiger partial charge is 0.329 e. The third-order valence-corrected chi connectivity index (χ3v) is 16.3. The topological polar surface area (TPSA) is 264 Å². The molecule has 3 aliphatic heterocycles. The molecule has 3 fully saturated rings. The lowest BCUT2D eigenvalue weighted by Gasteiger charge is -2.43. The number of carbonyl (C=O) groups excluding carboxylic acids is 5. The number of nitrogens with zero attached hydrogens (tertiary/aromatic N) is 1. The molecule has 3 heterocycles. The number of carbonyl (C=O) groups is 5. The number of Topliss-reactive ketones (excluding diaryl/α,β-unsaturated/α-hetero) is 3. The average Bonchev–Trinajstić information content (AvgIpc) is 3.47. The summed E-state index contributed by atoms with van der Waals surface area (Å²) in [5, 5.41) is 52.7. The number of cyclic esters (lactones) is 1. The zero-order valence-corrected chi connectivity index (χ0v) is 48.7. The summed E-state index contributed by atoms with van der Waals surface area (Å²) >= 11 is 0. The summed E-state index contributed by atoms with van der Waals surface area (Å²) in [6.45, 7) is 13.8. The van der Waals surface area contributed by atoms with Gasteiger partial charge in [-0.3, -0.25) is 19.2 Å². The number of piperidine rings is 1. The van der Waals surface area contributed by atoms with Crippen molar-refractivity contribution in [1.29, 1.82) is 0 Å². The first-order chi connectivity index (χ1) is 37.7. The van der Waals surface area contributed by atoms with Crippen LogP contribution in [0.2, 0.25) is 0 Å². The van der Waals surface area contributed by atoms with Crippen LogP contribution in [0.1, 0.15) is 126 Å². The molecular formula is C60H97NO18. The molecule has 4 rings (SSSR count). The van der Waals surface area contributed by atoms with E-state index in [-0.39, 0.29) is 127 Å². The molecule has 1 aliphatic carbocycles. The van der Waals surface area contributed by atoms with E-state index in [0.717, 1.165) is 5.57 Å². The zero-order valence-electron chi connectivity index (χ0n) is 48.7. The van der Waals surface area contributed by atoms with Crippen LogP contribution in [0.3, 0.4) is 0 Å². The molecule has 19 nitrogen and oxygen atoms in total. The molecule has 0 spiro atoms. The Kier molecular flexibility index (Phi) is 29.9. The number of hydrogen-bond donors (Lipinski definition) is 5. The van der Waals surface area contributed by atoms with Crippen LogP contribution in [0.4, 0.5) is 0 Å². The van der Waals surface area contributed by atoms with Crippen molar-refractivity contribution in [3.8, 4) is 0 Å². The monoisotopic (exact) mass is 1120 g/mol. The van der Waals surface area contributed by atoms with Gasteiger partial charge >= 0.3 is 5.97 Å². The van der Waals surface area contributed by atoms with Crippen LogP contribution in [-0.2, 0) is 61.9 Å². The number of aliphatic hydroxyl groups is 5. The van der Waals surface area contributed by atoms with Gasteiger partial charge in [-0.25, -0.2) is 4.79 Å². The van der Waals surface area contributed by atoms with E-state index in [2.05, 4.69) is 0 Å². The van der Waals surface area contributed by atoms with E-state index in [1.807, 2.05) is 51.2 Å². The lowest BCUT2D eigenvalue weighted by Crippen LogP contribution is -2.61. The molecular weight excluding hydrogens is 1020 g/mol. The molecule has 450 valence electrons. The number of allylic oxidation sites excluding steroid dienone is 6. The average molecular weight is 1120 g/mol. The lowest BCUT2D eigenvalue weighted by atomic mass is 9.78. The molecule has 4 aliphatic rings. The molecule has 0 aromatic carbocycles. The highest BCUT2D eigenvalue weighted by Crippen LogP contribution is 2.38. The van der Waals surface area contributed by atoms with Crippen LogP contribution < -0.4 is 0 Å². The minimum Gasteiger partial charge on any atom is -0.460 e. The number of methoxy groups -OCH3 is 2. The summed E-state index contributed by atoms with van der Waals surface area (Å²) < 4.78 is 47.2. The van der Waals surface area contributed by atoms with Crippen LogP contribution >= 0.6 is 0 Å². The number of aliphatic hydroxyl groups excluding tert-OH is 4. The number of ether oxygens (including phenoxy) is 8. The Balaban J connectivity index is 1.68. The number of hydrogen-bond acceptors (Lipinski definition) is 18. The second-order valence-electron chi connectivity index (χ2n) is 22.8. The highest BCUT2D eigenvalue weighted by atomic mass is 16.6. The molecule has 0 aromatic heterocycles. The van der Waals surface area contributed by atoms with Crippen LogP contribution in [0.15, 0.2) is 47.6 Å². The number of esters is 1. The number of rotatable bonds is 19. The van der Waals surface area contributed by atoms with Gasteiger partial charge in [0.2, 0.25) is 5.79 Å². The minimum absolute atomic E-state index is 0.0395. The summed E-state index contributed by atoms with van der Waals surface area (Å²) in [6, 6.07) is -1.19. The van der Waals surface area contributed by atoms with E-state index in [4.69, 9.17) is 37.9 Å². The first-order valence-corrected chi connectivity index (χ1v) is 28.9. The maximum Gasteiger partial charge on any atom is 0.329 e. The molecule has 15 atom stereocenters. The van der Waals surface area contributed by atoms with Crippen LogP contribution in [0, 0.1) is 41.4 Å². The largest absolute Gasteiger partial charge is 0.460 e. The van der Waals surface area contributed by atoms with Gasteiger partial charge in [0.05, 0.1) is 83.9 Å². The van der Waals surface area contributed by atoms with Gasteiger partial charge < -0.3 is 68.3 Å². The molecule has 0 unspecified atom stereocenters. The van der Waals surface area contributed by atoms with Gasteiger partial charge in [0.1, 0.15) is 30.1 Å². The van der Waals surface area contributed by atoms with Crippen molar-refractivity contribution in [2.75, 3.05) is 80.2 Å². The van der Waals surface area contributed by atoms with E-state index in [1.54, 1.807) is 40.9 Å². The summed E-state index contributed by atoms with van der Waals surface area (Å²) in [5.41, 5.74) is 1.16. The molecule has 19 heteroatoms. The maximum atomic E-state index is 14.6. The third-order valence-electron chi connectivity index (χ3n) is 16.3. The van der Waals surface area contributed by atoms with Crippen molar-refractivity contribution >= 4 is 29.2 Å². The Labute approximate surface area is 469 Å². The highest BCUT2D eigenvalue weighted by molar-refractivity contribution is 6.39. The summed E-state index contributed by atoms with van der Waals surface area (Å²) in [6.07, 6.45) is 10.1. The van der Waals surface area contributed by atoms with E-state index in [9.17, 15) is 49.5 Å². The second-order valence-corrected chi connectivity index (χ2v) is 22.8. The van der Waals surface area contributed by atoms with Gasteiger partial charge in [0.15, 0.2) is 5.78 Å². The first kappa shape index (κ1) is 67.9. The predicted octanol–water partition coefficient (Wildman–Crippen LogP) is 5.20. The fourth-order valence-corrected chi connectivity index (χ4v) is 11.3. The molecule has 0 radical (unpaired) electrons. The Hall–Kier alpha value is -3.57. The van der Waals surface area contributed by atoms with Crippen molar-refractivity contribution < 1.29 is 87.4 Å².